The smallest absolute Gasteiger partial charge is 0.335 e. The topological polar surface area (TPSA) is 74.2 Å². The van der Waals surface area contributed by atoms with E-state index < -0.39 is 5.97 Å². The van der Waals surface area contributed by atoms with Gasteiger partial charge in [0.15, 0.2) is 0 Å². The van der Waals surface area contributed by atoms with Crippen molar-refractivity contribution in [2.75, 3.05) is 0 Å². The first-order valence-electron chi connectivity index (χ1n) is 7.38. The number of carbonyl (C=O) groups is 1. The van der Waals surface area contributed by atoms with Crippen LogP contribution in [0.15, 0.2) is 69.6 Å². The molecule has 0 radical (unpaired) electrons. The number of rotatable bonds is 4. The third-order valence-electron chi connectivity index (χ3n) is 3.59. The largest absolute Gasteiger partial charge is 0.478 e. The Labute approximate surface area is 152 Å². The van der Waals surface area contributed by atoms with Crippen LogP contribution in [0.1, 0.15) is 21.7 Å². The monoisotopic (exact) mass is 393 g/mol. The first-order valence-corrected chi connectivity index (χ1v) is 8.17. The molecular formula is C20H12BrNO3. The van der Waals surface area contributed by atoms with E-state index in [1.54, 1.807) is 24.3 Å². The van der Waals surface area contributed by atoms with Crippen molar-refractivity contribution in [1.29, 1.82) is 5.26 Å². The van der Waals surface area contributed by atoms with Crippen molar-refractivity contribution in [2.45, 2.75) is 0 Å². The molecular weight excluding hydrogens is 382 g/mol. The number of halogens is 1. The van der Waals surface area contributed by atoms with Gasteiger partial charge in [-0.3, -0.25) is 0 Å². The fourth-order valence-corrected chi connectivity index (χ4v) is 2.74. The summed E-state index contributed by atoms with van der Waals surface area (Å²) in [7, 11) is 0. The normalized spacial score (nSPS) is 11.1. The predicted octanol–water partition coefficient (Wildman–Crippen LogP) is 5.47. The molecule has 122 valence electrons. The number of carboxylic acids is 1. The molecule has 1 N–H and O–H groups in total. The molecule has 0 unspecified atom stereocenters. The molecule has 0 spiro atoms. The average Bonchev–Trinajstić information content (AvgIpc) is 3.08. The zero-order chi connectivity index (χ0) is 17.8. The molecule has 5 heteroatoms. The van der Waals surface area contributed by atoms with Gasteiger partial charge >= 0.3 is 5.97 Å². The van der Waals surface area contributed by atoms with Crippen LogP contribution in [0.5, 0.6) is 0 Å². The van der Waals surface area contributed by atoms with Crippen molar-refractivity contribution in [3.05, 3.63) is 82.0 Å². The van der Waals surface area contributed by atoms with Gasteiger partial charge in [-0.15, -0.1) is 0 Å². The van der Waals surface area contributed by atoms with E-state index in [-0.39, 0.29) is 5.56 Å². The van der Waals surface area contributed by atoms with Crippen LogP contribution in [0.25, 0.3) is 23.0 Å². The molecule has 0 bridgehead atoms. The van der Waals surface area contributed by atoms with E-state index in [2.05, 4.69) is 22.0 Å². The van der Waals surface area contributed by atoms with Gasteiger partial charge in [-0.2, -0.15) is 5.26 Å². The number of nitrogens with zero attached hydrogens (tertiary/aromatic N) is 1. The van der Waals surface area contributed by atoms with Crippen molar-refractivity contribution in [1.82, 2.24) is 0 Å². The quantitative estimate of drug-likeness (QED) is 0.596. The lowest BCUT2D eigenvalue weighted by atomic mass is 10.0. The van der Waals surface area contributed by atoms with Crippen molar-refractivity contribution in [3.63, 3.8) is 0 Å². The van der Waals surface area contributed by atoms with Crippen LogP contribution in [0.2, 0.25) is 0 Å². The maximum atomic E-state index is 10.9. The van der Waals surface area contributed by atoms with Gasteiger partial charge < -0.3 is 9.52 Å². The summed E-state index contributed by atoms with van der Waals surface area (Å²) in [5.41, 5.74) is 2.13. The summed E-state index contributed by atoms with van der Waals surface area (Å²) < 4.78 is 6.75. The first-order chi connectivity index (χ1) is 12.1. The number of allylic oxidation sites excluding steroid dienone is 1. The third-order valence-corrected chi connectivity index (χ3v) is 4.08. The summed E-state index contributed by atoms with van der Waals surface area (Å²) in [5.74, 6) is 0.249. The molecule has 25 heavy (non-hydrogen) atoms. The van der Waals surface area contributed by atoms with Crippen molar-refractivity contribution in [2.24, 2.45) is 0 Å². The van der Waals surface area contributed by atoms with Gasteiger partial charge in [-0.05, 0) is 48.0 Å². The maximum absolute atomic E-state index is 10.9. The summed E-state index contributed by atoms with van der Waals surface area (Å²) in [5, 5.41) is 18.3. The van der Waals surface area contributed by atoms with Crippen molar-refractivity contribution >= 4 is 33.5 Å². The molecule has 0 fully saturated rings. The number of benzene rings is 2. The van der Waals surface area contributed by atoms with Crippen LogP contribution in [0.3, 0.4) is 0 Å². The zero-order valence-electron chi connectivity index (χ0n) is 12.9. The lowest BCUT2D eigenvalue weighted by molar-refractivity contribution is 0.0697. The second-order valence-corrected chi connectivity index (χ2v) is 6.18. The Morgan fingerprint density at radius 2 is 1.80 bits per heavy atom. The van der Waals surface area contributed by atoms with Crippen molar-refractivity contribution in [3.8, 4) is 17.4 Å². The Morgan fingerprint density at radius 3 is 2.44 bits per heavy atom. The van der Waals surface area contributed by atoms with Gasteiger partial charge in [0.05, 0.1) is 17.2 Å². The number of hydrogen-bond acceptors (Lipinski definition) is 3. The number of hydrogen-bond donors (Lipinski definition) is 1. The molecule has 2 aromatic carbocycles. The molecule has 1 heterocycles. The SMILES string of the molecule is N#CC(=Cc1ccc(-c2cccc(Br)c2)o1)c1ccc(C(=O)O)cc1. The summed E-state index contributed by atoms with van der Waals surface area (Å²) in [4.78, 5) is 10.9. The van der Waals surface area contributed by atoms with E-state index in [9.17, 15) is 10.1 Å². The van der Waals surface area contributed by atoms with Gasteiger partial charge in [-0.25, -0.2) is 4.79 Å². The maximum Gasteiger partial charge on any atom is 0.335 e. The lowest BCUT2D eigenvalue weighted by Crippen LogP contribution is -1.95. The fraction of sp³-hybridized carbons (Fsp3) is 0. The Balaban J connectivity index is 1.90. The molecule has 0 amide bonds. The summed E-state index contributed by atoms with van der Waals surface area (Å²) in [6, 6.07) is 19.6. The Bertz CT molecular complexity index is 994. The van der Waals surface area contributed by atoms with Crippen LogP contribution in [0, 0.1) is 11.3 Å². The van der Waals surface area contributed by atoms with E-state index in [1.165, 1.54) is 12.1 Å². The molecule has 4 nitrogen and oxygen atoms in total. The Morgan fingerprint density at radius 1 is 1.08 bits per heavy atom. The van der Waals surface area contributed by atoms with Gasteiger partial charge in [0.2, 0.25) is 0 Å². The van der Waals surface area contributed by atoms with E-state index in [0.29, 0.717) is 22.7 Å². The standard InChI is InChI=1S/C20H12BrNO3/c21-17-3-1-2-15(10-17)19-9-8-18(25-19)11-16(12-22)13-4-6-14(7-5-13)20(23)24/h1-11H,(H,23,24). The molecule has 0 aliphatic carbocycles. The Hall–Kier alpha value is -3.10. The van der Waals surface area contributed by atoms with Crippen LogP contribution in [-0.4, -0.2) is 11.1 Å². The van der Waals surface area contributed by atoms with Gasteiger partial charge in [-0.1, -0.05) is 40.2 Å². The molecule has 0 aliphatic heterocycles. The minimum absolute atomic E-state index is 0.177. The minimum atomic E-state index is -1.00. The summed E-state index contributed by atoms with van der Waals surface area (Å²) >= 11 is 3.43. The zero-order valence-corrected chi connectivity index (χ0v) is 14.5. The number of carboxylic acid groups (broad SMARTS) is 1. The first kappa shape index (κ1) is 16.7. The number of aromatic carboxylic acids is 1. The molecule has 1 aromatic heterocycles. The van der Waals surface area contributed by atoms with Crippen molar-refractivity contribution < 1.29 is 14.3 Å². The molecule has 0 atom stereocenters. The predicted molar refractivity (Wildman–Crippen MR) is 98.7 cm³/mol. The lowest BCUT2D eigenvalue weighted by Gasteiger charge is -2.00. The van der Waals surface area contributed by atoms with Gasteiger partial charge in [0.1, 0.15) is 11.5 Å². The summed E-state index contributed by atoms with van der Waals surface area (Å²) in [6.07, 6.45) is 1.64. The van der Waals surface area contributed by atoms with Crippen LogP contribution in [-0.2, 0) is 0 Å². The van der Waals surface area contributed by atoms with E-state index >= 15 is 0 Å². The summed E-state index contributed by atoms with van der Waals surface area (Å²) in [6.45, 7) is 0. The molecule has 0 saturated heterocycles. The van der Waals surface area contributed by atoms with Crippen LogP contribution < -0.4 is 0 Å². The highest BCUT2D eigenvalue weighted by atomic mass is 79.9. The number of furan rings is 1. The highest BCUT2D eigenvalue weighted by molar-refractivity contribution is 9.10. The van der Waals surface area contributed by atoms with E-state index in [4.69, 9.17) is 9.52 Å². The molecule has 0 aliphatic rings. The van der Waals surface area contributed by atoms with Gasteiger partial charge in [0.25, 0.3) is 0 Å². The molecule has 3 rings (SSSR count). The highest BCUT2D eigenvalue weighted by Crippen LogP contribution is 2.27. The van der Waals surface area contributed by atoms with E-state index in [0.717, 1.165) is 10.0 Å². The second-order valence-electron chi connectivity index (χ2n) is 5.26. The average molecular weight is 394 g/mol. The third kappa shape index (κ3) is 3.87. The Kier molecular flexibility index (Phi) is 4.82. The minimum Gasteiger partial charge on any atom is -0.478 e. The van der Waals surface area contributed by atoms with Gasteiger partial charge in [0, 0.05) is 10.0 Å². The van der Waals surface area contributed by atoms with Crippen LogP contribution in [0.4, 0.5) is 0 Å². The highest BCUT2D eigenvalue weighted by Gasteiger charge is 2.08. The number of nitriles is 1. The van der Waals surface area contributed by atoms with Crippen LogP contribution >= 0.6 is 15.9 Å². The second kappa shape index (κ2) is 7.20. The molecule has 0 saturated carbocycles. The fourth-order valence-electron chi connectivity index (χ4n) is 2.34. The van der Waals surface area contributed by atoms with E-state index in [1.807, 2.05) is 30.3 Å². The molecule has 3 aromatic rings.